The van der Waals surface area contributed by atoms with Gasteiger partial charge in [0, 0.05) is 19.1 Å². The van der Waals surface area contributed by atoms with Crippen LogP contribution in [-0.2, 0) is 6.54 Å². The number of aliphatic hydroxyl groups excluding tert-OH is 1. The fourth-order valence-electron chi connectivity index (χ4n) is 2.42. The standard InChI is InChI=1S/C12H15N5O/c13-11-10-12(15-6-14-11)17(7-16-10)4-8-1-2-9(3-8)5-18/h1-2,6-9,18H,3-5H2,(H2,13,14,15)/t8-,9+/m0/s1. The van der Waals surface area contributed by atoms with Crippen LogP contribution in [0.1, 0.15) is 6.42 Å². The Morgan fingerprint density at radius 1 is 1.28 bits per heavy atom. The second-order valence-corrected chi connectivity index (χ2v) is 4.65. The lowest BCUT2D eigenvalue weighted by molar-refractivity contribution is 0.242. The van der Waals surface area contributed by atoms with Gasteiger partial charge in [-0.1, -0.05) is 12.2 Å². The minimum Gasteiger partial charge on any atom is -0.396 e. The van der Waals surface area contributed by atoms with Crippen LogP contribution in [0.3, 0.4) is 0 Å². The summed E-state index contributed by atoms with van der Waals surface area (Å²) in [7, 11) is 0. The first-order valence-corrected chi connectivity index (χ1v) is 5.98. The van der Waals surface area contributed by atoms with E-state index in [-0.39, 0.29) is 12.5 Å². The van der Waals surface area contributed by atoms with Crippen LogP contribution in [0, 0.1) is 11.8 Å². The minimum atomic E-state index is 0.215. The number of nitrogen functional groups attached to an aromatic ring is 1. The largest absolute Gasteiger partial charge is 0.396 e. The number of aliphatic hydroxyl groups is 1. The maximum atomic E-state index is 9.11. The predicted molar refractivity (Wildman–Crippen MR) is 67.6 cm³/mol. The first kappa shape index (κ1) is 11.2. The summed E-state index contributed by atoms with van der Waals surface area (Å²) in [6, 6.07) is 0. The maximum absolute atomic E-state index is 9.11. The van der Waals surface area contributed by atoms with Gasteiger partial charge in [-0.2, -0.15) is 0 Å². The monoisotopic (exact) mass is 245 g/mol. The number of hydrogen-bond acceptors (Lipinski definition) is 5. The molecule has 3 N–H and O–H groups in total. The molecule has 1 aliphatic rings. The number of aromatic nitrogens is 4. The summed E-state index contributed by atoms with van der Waals surface area (Å²) in [5.41, 5.74) is 7.17. The molecule has 18 heavy (non-hydrogen) atoms. The Kier molecular flexibility index (Phi) is 2.71. The van der Waals surface area contributed by atoms with Gasteiger partial charge >= 0.3 is 0 Å². The third kappa shape index (κ3) is 1.84. The van der Waals surface area contributed by atoms with Crippen molar-refractivity contribution in [2.75, 3.05) is 12.3 Å². The second-order valence-electron chi connectivity index (χ2n) is 4.65. The summed E-state index contributed by atoms with van der Waals surface area (Å²) in [5, 5.41) is 9.11. The van der Waals surface area contributed by atoms with E-state index in [0.29, 0.717) is 17.3 Å². The molecule has 2 heterocycles. The first-order chi connectivity index (χ1) is 8.78. The molecule has 0 aromatic carbocycles. The first-order valence-electron chi connectivity index (χ1n) is 5.98. The smallest absolute Gasteiger partial charge is 0.165 e. The fraction of sp³-hybridized carbons (Fsp3) is 0.417. The van der Waals surface area contributed by atoms with E-state index >= 15 is 0 Å². The Morgan fingerprint density at radius 3 is 2.89 bits per heavy atom. The van der Waals surface area contributed by atoms with Crippen molar-refractivity contribution in [3.63, 3.8) is 0 Å². The summed E-state index contributed by atoms with van der Waals surface area (Å²) < 4.78 is 1.99. The van der Waals surface area contributed by atoms with Gasteiger partial charge in [0.15, 0.2) is 11.5 Å². The molecule has 6 nitrogen and oxygen atoms in total. The summed E-state index contributed by atoms with van der Waals surface area (Å²) >= 11 is 0. The van der Waals surface area contributed by atoms with Gasteiger partial charge in [-0.3, -0.25) is 0 Å². The summed E-state index contributed by atoms with van der Waals surface area (Å²) in [6.07, 6.45) is 8.40. The average Bonchev–Trinajstić information content (AvgIpc) is 2.98. The molecule has 3 rings (SSSR count). The Bertz CT molecular complexity index is 591. The van der Waals surface area contributed by atoms with Gasteiger partial charge in [0.1, 0.15) is 11.8 Å². The van der Waals surface area contributed by atoms with Gasteiger partial charge in [0.05, 0.1) is 6.33 Å². The third-order valence-electron chi connectivity index (χ3n) is 3.36. The molecule has 0 aliphatic heterocycles. The van der Waals surface area contributed by atoms with Crippen LogP contribution < -0.4 is 5.73 Å². The number of nitrogens with zero attached hydrogens (tertiary/aromatic N) is 4. The van der Waals surface area contributed by atoms with E-state index in [4.69, 9.17) is 10.8 Å². The molecular weight excluding hydrogens is 230 g/mol. The van der Waals surface area contributed by atoms with E-state index in [2.05, 4.69) is 27.1 Å². The van der Waals surface area contributed by atoms with Crippen molar-refractivity contribution < 1.29 is 5.11 Å². The van der Waals surface area contributed by atoms with E-state index in [0.717, 1.165) is 18.6 Å². The van der Waals surface area contributed by atoms with Crippen molar-refractivity contribution in [1.29, 1.82) is 0 Å². The van der Waals surface area contributed by atoms with Gasteiger partial charge in [-0.15, -0.1) is 0 Å². The summed E-state index contributed by atoms with van der Waals surface area (Å²) in [6.45, 7) is 1.02. The van der Waals surface area contributed by atoms with Crippen molar-refractivity contribution in [3.8, 4) is 0 Å². The van der Waals surface area contributed by atoms with Gasteiger partial charge in [-0.25, -0.2) is 15.0 Å². The van der Waals surface area contributed by atoms with Crippen LogP contribution in [0.15, 0.2) is 24.8 Å². The molecule has 0 fully saturated rings. The summed E-state index contributed by atoms with van der Waals surface area (Å²) in [5.74, 6) is 1.11. The van der Waals surface area contributed by atoms with Crippen molar-refractivity contribution in [3.05, 3.63) is 24.8 Å². The maximum Gasteiger partial charge on any atom is 0.165 e. The zero-order chi connectivity index (χ0) is 12.5. The number of nitrogens with two attached hydrogens (primary N) is 1. The molecule has 6 heteroatoms. The topological polar surface area (TPSA) is 89.9 Å². The molecule has 0 saturated carbocycles. The lowest BCUT2D eigenvalue weighted by Crippen LogP contribution is -2.09. The van der Waals surface area contributed by atoms with E-state index in [9.17, 15) is 0 Å². The number of imidazole rings is 1. The van der Waals surface area contributed by atoms with Crippen molar-refractivity contribution >= 4 is 17.0 Å². The molecule has 94 valence electrons. The molecule has 1 aliphatic carbocycles. The quantitative estimate of drug-likeness (QED) is 0.772. The van der Waals surface area contributed by atoms with Crippen LogP contribution in [0.25, 0.3) is 11.2 Å². The molecule has 0 spiro atoms. The molecule has 0 amide bonds. The van der Waals surface area contributed by atoms with Gasteiger partial charge < -0.3 is 15.4 Å². The number of anilines is 1. The van der Waals surface area contributed by atoms with Crippen LogP contribution in [0.2, 0.25) is 0 Å². The highest BCUT2D eigenvalue weighted by Crippen LogP contribution is 2.25. The zero-order valence-electron chi connectivity index (χ0n) is 9.90. The average molecular weight is 245 g/mol. The molecule has 0 radical (unpaired) electrons. The highest BCUT2D eigenvalue weighted by atomic mass is 16.3. The Labute approximate surface area is 104 Å². The Hall–Kier alpha value is -1.95. The molecule has 2 atom stereocenters. The lowest BCUT2D eigenvalue weighted by atomic mass is 10.0. The number of hydrogen-bond donors (Lipinski definition) is 2. The van der Waals surface area contributed by atoms with Crippen LogP contribution in [0.5, 0.6) is 0 Å². The predicted octanol–water partition coefficient (Wildman–Crippen LogP) is 0.593. The molecule has 2 aromatic rings. The number of fused-ring (bicyclic) bond motifs is 1. The zero-order valence-corrected chi connectivity index (χ0v) is 9.90. The fourth-order valence-corrected chi connectivity index (χ4v) is 2.42. The van der Waals surface area contributed by atoms with E-state index in [1.165, 1.54) is 6.33 Å². The minimum absolute atomic E-state index is 0.215. The SMILES string of the molecule is Nc1ncnc2c1ncn2C[C@H]1C=C[C@@H](CO)C1. The normalized spacial score (nSPS) is 22.9. The third-order valence-corrected chi connectivity index (χ3v) is 3.36. The summed E-state index contributed by atoms with van der Waals surface area (Å²) in [4.78, 5) is 12.4. The second kappa shape index (κ2) is 4.38. The van der Waals surface area contributed by atoms with Gasteiger partial charge in [0.2, 0.25) is 0 Å². The highest BCUT2D eigenvalue weighted by Gasteiger charge is 2.19. The Morgan fingerprint density at radius 2 is 2.11 bits per heavy atom. The van der Waals surface area contributed by atoms with Gasteiger partial charge in [-0.05, 0) is 12.3 Å². The molecular formula is C12H15N5O. The van der Waals surface area contributed by atoms with Crippen LogP contribution in [0.4, 0.5) is 5.82 Å². The van der Waals surface area contributed by atoms with Crippen LogP contribution >= 0.6 is 0 Å². The number of rotatable bonds is 3. The molecule has 0 unspecified atom stereocenters. The van der Waals surface area contributed by atoms with E-state index in [1.807, 2.05) is 4.57 Å². The highest BCUT2D eigenvalue weighted by molar-refractivity contribution is 5.81. The molecule has 0 bridgehead atoms. The van der Waals surface area contributed by atoms with Crippen molar-refractivity contribution in [2.45, 2.75) is 13.0 Å². The van der Waals surface area contributed by atoms with Gasteiger partial charge in [0.25, 0.3) is 0 Å². The van der Waals surface area contributed by atoms with Crippen molar-refractivity contribution in [1.82, 2.24) is 19.5 Å². The number of allylic oxidation sites excluding steroid dienone is 1. The molecule has 0 saturated heterocycles. The Balaban J connectivity index is 1.84. The van der Waals surface area contributed by atoms with Crippen LogP contribution in [-0.4, -0.2) is 31.2 Å². The van der Waals surface area contributed by atoms with Crippen molar-refractivity contribution in [2.24, 2.45) is 11.8 Å². The molecule has 2 aromatic heterocycles. The van der Waals surface area contributed by atoms with E-state index < -0.39 is 0 Å². The van der Waals surface area contributed by atoms with E-state index in [1.54, 1.807) is 6.33 Å². The lowest BCUT2D eigenvalue weighted by Gasteiger charge is -2.11.